The quantitative estimate of drug-likeness (QED) is 0.0561. The number of Topliss-reactive ketones (excluding diaryl/α,β-unsaturated/α-hetero) is 1. The topological polar surface area (TPSA) is 126 Å². The molecule has 2 aromatic rings. The Kier molecular flexibility index (Phi) is 18.5. The average Bonchev–Trinajstić information content (AvgIpc) is 3.99. The third kappa shape index (κ3) is 11.8. The van der Waals surface area contributed by atoms with Gasteiger partial charge in [-0.05, 0) is 88.0 Å². The number of aromatic nitrogens is 2. The maximum atomic E-state index is 14.4. The summed E-state index contributed by atoms with van der Waals surface area (Å²) in [5, 5.41) is 12.1. The molecule has 0 spiro atoms. The van der Waals surface area contributed by atoms with Gasteiger partial charge < -0.3 is 30.1 Å². The van der Waals surface area contributed by atoms with Gasteiger partial charge in [0.05, 0.1) is 7.11 Å². The zero-order valence-electron chi connectivity index (χ0n) is 41.4. The van der Waals surface area contributed by atoms with Gasteiger partial charge in [-0.15, -0.1) is 33.9 Å². The minimum atomic E-state index is -1.20. The number of fused-ring (bicyclic) bond motifs is 7. The molecule has 1 fully saturated rings. The van der Waals surface area contributed by atoms with Crippen molar-refractivity contribution in [3.63, 3.8) is 0 Å². The number of hydrogen-bond donors (Lipinski definition) is 0. The van der Waals surface area contributed by atoms with Gasteiger partial charge in [0.2, 0.25) is 0 Å². The fraction of sp³-hybridized carbons (Fsp3) is 0.582. The van der Waals surface area contributed by atoms with E-state index < -0.39 is 11.9 Å². The molecule has 0 N–H and O–H groups in total. The van der Waals surface area contributed by atoms with Crippen LogP contribution in [0.2, 0.25) is 0 Å². The van der Waals surface area contributed by atoms with Crippen LogP contribution in [0.3, 0.4) is 0 Å². The van der Waals surface area contributed by atoms with Gasteiger partial charge >= 0.3 is 35.0 Å². The second-order valence-corrected chi connectivity index (χ2v) is 19.8. The van der Waals surface area contributed by atoms with Crippen molar-refractivity contribution in [3.05, 3.63) is 108 Å². The molecule has 1 saturated heterocycles. The molecule has 0 amide bonds. The first kappa shape index (κ1) is 52.0. The molecule has 1 unspecified atom stereocenters. The number of carbonyl (C=O) groups is 3. The van der Waals surface area contributed by atoms with Gasteiger partial charge in [-0.1, -0.05) is 158 Å². The molecular weight excluding hydrogens is 821 g/mol. The maximum absolute atomic E-state index is 14.4. The van der Waals surface area contributed by atoms with Gasteiger partial charge in [0.15, 0.2) is 5.78 Å². The van der Waals surface area contributed by atoms with Crippen LogP contribution in [-0.2, 0) is 25.5 Å². The van der Waals surface area contributed by atoms with E-state index in [1.807, 2.05) is 31.2 Å². The van der Waals surface area contributed by atoms with Crippen molar-refractivity contribution in [2.75, 3.05) is 13.7 Å². The molecule has 65 heavy (non-hydrogen) atoms. The largest absolute Gasteiger partial charge is 2.00 e. The average molecular weight is 896 g/mol. The molecule has 0 aromatic carbocycles. The van der Waals surface area contributed by atoms with Crippen molar-refractivity contribution in [1.29, 1.82) is 0 Å². The van der Waals surface area contributed by atoms with Crippen LogP contribution in [0.15, 0.2) is 53.0 Å². The number of esters is 2. The molecule has 2 aromatic heterocycles. The van der Waals surface area contributed by atoms with Gasteiger partial charge in [-0.3, -0.25) is 14.4 Å². The van der Waals surface area contributed by atoms with Gasteiger partial charge in [0, 0.05) is 12.0 Å². The van der Waals surface area contributed by atoms with Crippen LogP contribution in [0.4, 0.5) is 0 Å². The van der Waals surface area contributed by atoms with Crippen LogP contribution in [0.25, 0.3) is 28.4 Å². The van der Waals surface area contributed by atoms with Crippen molar-refractivity contribution in [2.24, 2.45) is 41.4 Å². The fourth-order valence-electron chi connectivity index (χ4n) is 10.4. The summed E-state index contributed by atoms with van der Waals surface area (Å²) in [6.45, 7) is 26.2. The number of hydrogen-bond acceptors (Lipinski definition) is 5. The molecule has 3 aliphatic heterocycles. The van der Waals surface area contributed by atoms with E-state index in [-0.39, 0.29) is 71.6 Å². The van der Waals surface area contributed by atoms with Gasteiger partial charge in [-0.2, -0.15) is 11.4 Å². The molecular formula is C55H74MgN4O5-2. The van der Waals surface area contributed by atoms with Crippen molar-refractivity contribution in [3.8, 4) is 0 Å². The van der Waals surface area contributed by atoms with Crippen molar-refractivity contribution in [2.45, 2.75) is 152 Å². The molecule has 10 heteroatoms. The molecule has 5 heterocycles. The Bertz CT molecular complexity index is 2340. The second-order valence-electron chi connectivity index (χ2n) is 19.8. The van der Waals surface area contributed by atoms with Crippen molar-refractivity contribution < 1.29 is 23.9 Å². The van der Waals surface area contributed by atoms with E-state index in [1.165, 1.54) is 57.6 Å². The predicted molar refractivity (Wildman–Crippen MR) is 264 cm³/mol. The Labute approximate surface area is 405 Å². The van der Waals surface area contributed by atoms with E-state index in [1.54, 1.807) is 0 Å². The molecule has 7 atom stereocenters. The predicted octanol–water partition coefficient (Wildman–Crippen LogP) is 10.8. The molecule has 6 rings (SSSR count). The summed E-state index contributed by atoms with van der Waals surface area (Å²) in [5.41, 5.74) is 9.42. The number of allylic oxidation sites excluding steroid dienone is 5. The summed E-state index contributed by atoms with van der Waals surface area (Å²) in [4.78, 5) is 51.6. The Balaban J connectivity index is 0.00000793. The number of nitrogens with zero attached hydrogens (tertiary/aromatic N) is 4. The molecule has 348 valence electrons. The Morgan fingerprint density at radius 2 is 1.58 bits per heavy atom. The smallest absolute Gasteiger partial charge is 0.681 e. The second kappa shape index (κ2) is 23.1. The summed E-state index contributed by atoms with van der Waals surface area (Å²) in [5.74, 6) is -0.540. The van der Waals surface area contributed by atoms with E-state index in [4.69, 9.17) is 30.1 Å². The first-order valence-corrected chi connectivity index (χ1v) is 24.3. The minimum absolute atomic E-state index is 0. The Hall–Kier alpha value is -4.02. The molecule has 0 radical (unpaired) electrons. The summed E-state index contributed by atoms with van der Waals surface area (Å²) in [6, 6.07) is -0.337. The molecule has 0 saturated carbocycles. The van der Waals surface area contributed by atoms with Gasteiger partial charge in [0.1, 0.15) is 12.5 Å². The SMILES string of the molecule is C=CC1=C2/C=c3\[n-]/c(c(CC)c3C)=C\c3[n-]c4c(c3C)C(=O)[C@H](C(=O)OC)/C4=C3/[N-]C(/C=C(\[N-]2)[C@H]1C)[C@@H](C)[C@@H]3CCC(=O)OC/C=C(\C)CCC[C@H](C)CCC[C@H](C)CCCC(C)C.[Mg+2]. The van der Waals surface area contributed by atoms with E-state index in [0.717, 1.165) is 69.9 Å². The molecule has 4 aliphatic rings. The van der Waals surface area contributed by atoms with E-state index in [0.29, 0.717) is 46.1 Å². The van der Waals surface area contributed by atoms with Gasteiger partial charge in [-0.25, -0.2) is 0 Å². The van der Waals surface area contributed by atoms with E-state index in [9.17, 15) is 14.4 Å². The number of ketones is 1. The monoisotopic (exact) mass is 895 g/mol. The third-order valence-electron chi connectivity index (χ3n) is 14.6. The summed E-state index contributed by atoms with van der Waals surface area (Å²) < 4.78 is 11.1. The van der Waals surface area contributed by atoms with Crippen molar-refractivity contribution in [1.82, 2.24) is 9.97 Å². The van der Waals surface area contributed by atoms with Crippen LogP contribution in [-0.4, -0.2) is 60.5 Å². The third-order valence-corrected chi connectivity index (χ3v) is 14.6. The standard InChI is InChI=1S/C55H75N4O5.Mg/c1-13-39-35(8)42-28-44-37(10)41(24-25-48(60)64-27-26-34(7)23-17-22-33(6)21-16-20-32(5)19-15-18-31(3)4)52(58-44)50-51(55(62)63-12)54(61)49-38(11)45(59-53(49)50)30-47-40(14-2)36(9)43(57-47)29-46(39)56-42;/h13,26,28-33,35,37,41,44,51H,1,14-25,27H2,2-12H3,(H-,58,59,61);/q-3;+2/p-1/b34-26+,42-28-,43-29-,47-30-;/t32-,33-,35+,37+,41+,44?,51-;/m1./s1. The number of rotatable bonds is 20. The molecule has 8 bridgehead atoms. The van der Waals surface area contributed by atoms with E-state index >= 15 is 0 Å². The summed E-state index contributed by atoms with van der Waals surface area (Å²) in [7, 11) is 1.30. The van der Waals surface area contributed by atoms with Crippen LogP contribution >= 0.6 is 0 Å². The van der Waals surface area contributed by atoms with Crippen LogP contribution < -0.4 is 20.7 Å². The number of carbonyl (C=O) groups excluding carboxylic acids is 3. The van der Waals surface area contributed by atoms with E-state index in [2.05, 4.69) is 75.0 Å². The fourth-order valence-corrected chi connectivity index (χ4v) is 10.4. The zero-order chi connectivity index (χ0) is 46.4. The number of methoxy groups -OCH3 is 1. The van der Waals surface area contributed by atoms with Crippen LogP contribution in [0.5, 0.6) is 0 Å². The number of ether oxygens (including phenoxy) is 2. The molecule has 9 nitrogen and oxygen atoms in total. The first-order valence-electron chi connectivity index (χ1n) is 24.3. The Morgan fingerprint density at radius 3 is 2.23 bits per heavy atom. The summed E-state index contributed by atoms with van der Waals surface area (Å²) in [6.07, 6.45) is 22.7. The molecule has 1 aliphatic carbocycles. The van der Waals surface area contributed by atoms with Crippen LogP contribution in [0, 0.1) is 55.3 Å². The van der Waals surface area contributed by atoms with Gasteiger partial charge in [0.25, 0.3) is 0 Å². The summed E-state index contributed by atoms with van der Waals surface area (Å²) >= 11 is 0. The van der Waals surface area contributed by atoms with Crippen molar-refractivity contribution >= 4 is 58.5 Å². The zero-order valence-corrected chi connectivity index (χ0v) is 42.9. The minimum Gasteiger partial charge on any atom is -0.681 e. The Morgan fingerprint density at radius 1 is 0.908 bits per heavy atom. The van der Waals surface area contributed by atoms with Crippen LogP contribution in [0.1, 0.15) is 164 Å². The normalized spacial score (nSPS) is 25.1. The maximum Gasteiger partial charge on any atom is 2.00 e. The first-order chi connectivity index (χ1) is 30.6.